The van der Waals surface area contributed by atoms with Crippen molar-refractivity contribution >= 4 is 17.8 Å². The standard InChI is InChI=1S/C18H18N2O5/c19-16(22)14(10-11-6-8-13(9-7-11)18(24)25)20-17(23)15(21)12-4-2-1-3-5-12/h1-9,14-15,21H,10H2,(H2,19,22)(H,20,23)(H,24,25)/t14-,15-/m0/s1. The first-order valence-electron chi connectivity index (χ1n) is 7.53. The highest BCUT2D eigenvalue weighted by atomic mass is 16.4. The second-order valence-electron chi connectivity index (χ2n) is 5.48. The van der Waals surface area contributed by atoms with Gasteiger partial charge < -0.3 is 21.3 Å². The smallest absolute Gasteiger partial charge is 0.335 e. The van der Waals surface area contributed by atoms with Crippen LogP contribution < -0.4 is 11.1 Å². The summed E-state index contributed by atoms with van der Waals surface area (Å²) in [5.41, 5.74) is 6.46. The molecule has 0 aromatic heterocycles. The van der Waals surface area contributed by atoms with Crippen LogP contribution in [0.2, 0.25) is 0 Å². The van der Waals surface area contributed by atoms with Crippen molar-refractivity contribution in [2.24, 2.45) is 5.73 Å². The summed E-state index contributed by atoms with van der Waals surface area (Å²) in [6, 6.07) is 13.2. The Morgan fingerprint density at radius 2 is 1.60 bits per heavy atom. The maximum atomic E-state index is 12.1. The summed E-state index contributed by atoms with van der Waals surface area (Å²) in [5.74, 6) is -2.55. The molecule has 2 atom stereocenters. The molecule has 0 aliphatic carbocycles. The highest BCUT2D eigenvalue weighted by molar-refractivity contribution is 5.89. The van der Waals surface area contributed by atoms with Crippen LogP contribution in [0.4, 0.5) is 0 Å². The first-order chi connectivity index (χ1) is 11.9. The molecule has 0 bridgehead atoms. The third-order valence-corrected chi connectivity index (χ3v) is 3.66. The molecule has 2 aromatic carbocycles. The third-order valence-electron chi connectivity index (χ3n) is 3.66. The number of nitrogens with one attached hydrogen (secondary N) is 1. The Morgan fingerprint density at radius 1 is 1.00 bits per heavy atom. The Morgan fingerprint density at radius 3 is 2.12 bits per heavy atom. The van der Waals surface area contributed by atoms with E-state index in [-0.39, 0.29) is 12.0 Å². The molecule has 0 radical (unpaired) electrons. The van der Waals surface area contributed by atoms with Crippen molar-refractivity contribution in [2.75, 3.05) is 0 Å². The van der Waals surface area contributed by atoms with Gasteiger partial charge in [0.05, 0.1) is 5.56 Å². The highest BCUT2D eigenvalue weighted by Crippen LogP contribution is 2.13. The number of hydrogen-bond acceptors (Lipinski definition) is 4. The fourth-order valence-electron chi connectivity index (χ4n) is 2.28. The third kappa shape index (κ3) is 4.89. The first-order valence-corrected chi connectivity index (χ1v) is 7.53. The molecule has 25 heavy (non-hydrogen) atoms. The molecule has 0 unspecified atom stereocenters. The van der Waals surface area contributed by atoms with Gasteiger partial charge in [0.1, 0.15) is 6.04 Å². The lowest BCUT2D eigenvalue weighted by atomic mass is 10.0. The van der Waals surface area contributed by atoms with Crippen LogP contribution >= 0.6 is 0 Å². The molecule has 2 amide bonds. The Hall–Kier alpha value is -3.19. The molecule has 0 aliphatic heterocycles. The Labute approximate surface area is 144 Å². The van der Waals surface area contributed by atoms with Crippen LogP contribution in [0.1, 0.15) is 27.6 Å². The molecule has 0 saturated carbocycles. The van der Waals surface area contributed by atoms with Crippen LogP contribution in [0.5, 0.6) is 0 Å². The van der Waals surface area contributed by atoms with Crippen molar-refractivity contribution in [1.29, 1.82) is 0 Å². The lowest BCUT2D eigenvalue weighted by Crippen LogP contribution is -2.47. The number of benzene rings is 2. The molecule has 0 aliphatic rings. The minimum atomic E-state index is -1.42. The number of aliphatic hydroxyl groups excluding tert-OH is 1. The summed E-state index contributed by atoms with van der Waals surface area (Å²) in [6.07, 6.45) is -1.33. The molecule has 7 nitrogen and oxygen atoms in total. The van der Waals surface area contributed by atoms with Gasteiger partial charge in [-0.05, 0) is 23.3 Å². The average Bonchev–Trinajstić information content (AvgIpc) is 2.61. The topological polar surface area (TPSA) is 130 Å². The zero-order valence-corrected chi connectivity index (χ0v) is 13.3. The average molecular weight is 342 g/mol. The van der Waals surface area contributed by atoms with E-state index in [0.717, 1.165) is 0 Å². The van der Waals surface area contributed by atoms with Crippen LogP contribution in [0.25, 0.3) is 0 Å². The van der Waals surface area contributed by atoms with Crippen molar-refractivity contribution in [3.8, 4) is 0 Å². The number of hydrogen-bond donors (Lipinski definition) is 4. The fraction of sp³-hybridized carbons (Fsp3) is 0.167. The molecular weight excluding hydrogens is 324 g/mol. The number of nitrogens with two attached hydrogens (primary N) is 1. The predicted octanol–water partition coefficient (Wildman–Crippen LogP) is 0.631. The Balaban J connectivity index is 2.06. The van der Waals surface area contributed by atoms with Gasteiger partial charge in [0, 0.05) is 6.42 Å². The zero-order valence-electron chi connectivity index (χ0n) is 13.3. The van der Waals surface area contributed by atoms with E-state index in [1.54, 1.807) is 42.5 Å². The summed E-state index contributed by atoms with van der Waals surface area (Å²) in [7, 11) is 0. The minimum absolute atomic E-state index is 0.0858. The Kier molecular flexibility index (Phi) is 5.86. The summed E-state index contributed by atoms with van der Waals surface area (Å²) in [4.78, 5) is 34.6. The quantitative estimate of drug-likeness (QED) is 0.586. The summed E-state index contributed by atoms with van der Waals surface area (Å²) in [5, 5.41) is 21.3. The van der Waals surface area contributed by atoms with Crippen molar-refractivity contribution in [3.05, 3.63) is 71.3 Å². The summed E-state index contributed by atoms with van der Waals surface area (Å²) < 4.78 is 0. The van der Waals surface area contributed by atoms with Gasteiger partial charge in [-0.1, -0.05) is 42.5 Å². The van der Waals surface area contributed by atoms with E-state index in [0.29, 0.717) is 11.1 Å². The highest BCUT2D eigenvalue weighted by Gasteiger charge is 2.24. The normalized spacial score (nSPS) is 12.8. The van der Waals surface area contributed by atoms with Crippen molar-refractivity contribution in [2.45, 2.75) is 18.6 Å². The molecule has 0 saturated heterocycles. The molecule has 2 rings (SSSR count). The van der Waals surface area contributed by atoms with Gasteiger partial charge in [0.25, 0.3) is 5.91 Å². The van der Waals surface area contributed by atoms with E-state index in [1.165, 1.54) is 12.1 Å². The molecule has 7 heteroatoms. The van der Waals surface area contributed by atoms with Crippen molar-refractivity contribution < 1.29 is 24.6 Å². The molecule has 0 fully saturated rings. The molecule has 130 valence electrons. The molecule has 0 heterocycles. The number of aromatic carboxylic acids is 1. The number of amides is 2. The number of carboxylic acid groups (broad SMARTS) is 1. The van der Waals surface area contributed by atoms with Gasteiger partial charge in [-0.2, -0.15) is 0 Å². The van der Waals surface area contributed by atoms with Crippen LogP contribution in [-0.2, 0) is 16.0 Å². The van der Waals surface area contributed by atoms with Crippen molar-refractivity contribution in [3.63, 3.8) is 0 Å². The van der Waals surface area contributed by atoms with Crippen LogP contribution in [-0.4, -0.2) is 34.0 Å². The van der Waals surface area contributed by atoms with E-state index in [1.807, 2.05) is 0 Å². The van der Waals surface area contributed by atoms with Crippen LogP contribution in [0, 0.1) is 0 Å². The maximum Gasteiger partial charge on any atom is 0.335 e. The summed E-state index contributed by atoms with van der Waals surface area (Å²) >= 11 is 0. The lowest BCUT2D eigenvalue weighted by Gasteiger charge is -2.18. The Bertz CT molecular complexity index is 759. The van der Waals surface area contributed by atoms with Gasteiger partial charge in [-0.25, -0.2) is 4.79 Å². The first kappa shape index (κ1) is 18.2. The van der Waals surface area contributed by atoms with Crippen LogP contribution in [0.3, 0.4) is 0 Å². The van der Waals surface area contributed by atoms with Gasteiger partial charge in [0.15, 0.2) is 6.10 Å². The molecular formula is C18H18N2O5. The van der Waals surface area contributed by atoms with Crippen LogP contribution in [0.15, 0.2) is 54.6 Å². The van der Waals surface area contributed by atoms with E-state index < -0.39 is 29.9 Å². The second-order valence-corrected chi connectivity index (χ2v) is 5.48. The van der Waals surface area contributed by atoms with E-state index >= 15 is 0 Å². The number of primary amides is 1. The van der Waals surface area contributed by atoms with E-state index in [2.05, 4.69) is 5.32 Å². The summed E-state index contributed by atoms with van der Waals surface area (Å²) in [6.45, 7) is 0. The van der Waals surface area contributed by atoms with Gasteiger partial charge in [0.2, 0.25) is 5.91 Å². The monoisotopic (exact) mass is 342 g/mol. The predicted molar refractivity (Wildman–Crippen MR) is 89.6 cm³/mol. The zero-order chi connectivity index (χ0) is 18.4. The number of aliphatic hydroxyl groups is 1. The largest absolute Gasteiger partial charge is 0.478 e. The molecule has 5 N–H and O–H groups in total. The van der Waals surface area contributed by atoms with Gasteiger partial charge >= 0.3 is 5.97 Å². The maximum absolute atomic E-state index is 12.1. The number of carbonyl (C=O) groups is 3. The number of rotatable bonds is 7. The second kappa shape index (κ2) is 8.07. The van der Waals surface area contributed by atoms with Gasteiger partial charge in [-0.15, -0.1) is 0 Å². The van der Waals surface area contributed by atoms with Crippen molar-refractivity contribution in [1.82, 2.24) is 5.32 Å². The minimum Gasteiger partial charge on any atom is -0.478 e. The lowest BCUT2D eigenvalue weighted by molar-refractivity contribution is -0.133. The van der Waals surface area contributed by atoms with E-state index in [4.69, 9.17) is 10.8 Å². The number of carbonyl (C=O) groups excluding carboxylic acids is 2. The van der Waals surface area contributed by atoms with Gasteiger partial charge in [-0.3, -0.25) is 9.59 Å². The molecule has 2 aromatic rings. The molecule has 0 spiro atoms. The van der Waals surface area contributed by atoms with E-state index in [9.17, 15) is 19.5 Å². The SMILES string of the molecule is NC(=O)[C@H](Cc1ccc(C(=O)O)cc1)NC(=O)[C@@H](O)c1ccccc1. The fourth-order valence-corrected chi connectivity index (χ4v) is 2.28. The number of carboxylic acids is 1.